The fourth-order valence-corrected chi connectivity index (χ4v) is 2.78. The topological polar surface area (TPSA) is 104 Å². The second-order valence-electron chi connectivity index (χ2n) is 4.60. The van der Waals surface area contributed by atoms with Gasteiger partial charge in [-0.2, -0.15) is 0 Å². The molecule has 2 aliphatic rings. The van der Waals surface area contributed by atoms with Crippen molar-refractivity contribution in [1.82, 2.24) is 0 Å². The zero-order chi connectivity index (χ0) is 12.8. The Morgan fingerprint density at radius 3 is 2.47 bits per heavy atom. The molecule has 6 nitrogen and oxygen atoms in total. The maximum Gasteiger partial charge on any atom is 0.201 e. The zero-order valence-corrected chi connectivity index (χ0v) is 9.39. The summed E-state index contributed by atoms with van der Waals surface area (Å²) in [6.07, 6.45) is -0.0892. The molecule has 1 saturated carbocycles. The lowest BCUT2D eigenvalue weighted by Crippen LogP contribution is -2.52. The smallest absolute Gasteiger partial charge is 0.201 e. The molecule has 0 amide bonds. The van der Waals surface area contributed by atoms with E-state index in [0.29, 0.717) is 0 Å². The maximum absolute atomic E-state index is 11.7. The summed E-state index contributed by atoms with van der Waals surface area (Å²) in [6.45, 7) is -0.309. The van der Waals surface area contributed by atoms with Crippen molar-refractivity contribution < 1.29 is 29.6 Å². The lowest BCUT2D eigenvalue weighted by molar-refractivity contribution is -0.153. The molecule has 0 heterocycles. The molecule has 0 saturated heterocycles. The van der Waals surface area contributed by atoms with Gasteiger partial charge < -0.3 is 20.1 Å². The summed E-state index contributed by atoms with van der Waals surface area (Å²) in [5.41, 5.74) is -3.35. The molecule has 0 aromatic carbocycles. The fraction of sp³-hybridized carbons (Fsp3) is 0.636. The fourth-order valence-electron chi connectivity index (χ4n) is 2.78. The highest BCUT2D eigenvalue weighted by atomic mass is 16.5. The average molecular weight is 242 g/mol. The number of ether oxygens (including phenoxy) is 1. The molecule has 2 rings (SSSR count). The van der Waals surface area contributed by atoms with Crippen LogP contribution in [0.5, 0.6) is 0 Å². The summed E-state index contributed by atoms with van der Waals surface area (Å²) in [6, 6.07) is 0. The number of hydrogen-bond donors (Lipinski definition) is 3. The second-order valence-corrected chi connectivity index (χ2v) is 4.60. The summed E-state index contributed by atoms with van der Waals surface area (Å²) < 4.78 is 4.81. The quantitative estimate of drug-likeness (QED) is 0.630. The van der Waals surface area contributed by atoms with Crippen molar-refractivity contribution in [3.05, 3.63) is 11.5 Å². The van der Waals surface area contributed by atoms with E-state index in [1.807, 2.05) is 0 Å². The molecule has 1 fully saturated rings. The Labute approximate surface area is 97.5 Å². The number of ketones is 2. The van der Waals surface area contributed by atoms with Crippen LogP contribution in [0.2, 0.25) is 0 Å². The van der Waals surface area contributed by atoms with Gasteiger partial charge in [0.2, 0.25) is 5.78 Å². The molecule has 94 valence electrons. The van der Waals surface area contributed by atoms with Gasteiger partial charge in [0.1, 0.15) is 5.76 Å². The average Bonchev–Trinajstić information content (AvgIpc) is 2.65. The Bertz CT molecular complexity index is 426. The molecule has 6 heteroatoms. The summed E-state index contributed by atoms with van der Waals surface area (Å²) in [5, 5.41) is 29.6. The van der Waals surface area contributed by atoms with Crippen LogP contribution in [0, 0.1) is 5.41 Å². The van der Waals surface area contributed by atoms with E-state index in [1.54, 1.807) is 0 Å². The lowest BCUT2D eigenvalue weighted by Gasteiger charge is -2.36. The minimum absolute atomic E-state index is 0.0461. The summed E-state index contributed by atoms with van der Waals surface area (Å²) >= 11 is 0. The van der Waals surface area contributed by atoms with Crippen molar-refractivity contribution in [2.75, 3.05) is 13.7 Å². The van der Waals surface area contributed by atoms with Gasteiger partial charge in [-0.1, -0.05) is 0 Å². The van der Waals surface area contributed by atoms with Crippen molar-refractivity contribution in [3.8, 4) is 0 Å². The van der Waals surface area contributed by atoms with E-state index >= 15 is 0 Å². The highest BCUT2D eigenvalue weighted by molar-refractivity contribution is 6.01. The number of carbonyl (C=O) groups excluding carboxylic acids is 2. The van der Waals surface area contributed by atoms with Crippen LogP contribution in [0.1, 0.15) is 19.3 Å². The maximum atomic E-state index is 11.7. The first-order valence-electron chi connectivity index (χ1n) is 5.29. The van der Waals surface area contributed by atoms with Crippen molar-refractivity contribution in [2.45, 2.75) is 24.9 Å². The van der Waals surface area contributed by atoms with Crippen molar-refractivity contribution in [2.24, 2.45) is 5.41 Å². The highest BCUT2D eigenvalue weighted by Crippen LogP contribution is 2.55. The summed E-state index contributed by atoms with van der Waals surface area (Å²) in [4.78, 5) is 23.2. The minimum Gasteiger partial charge on any atom is -0.508 e. The van der Waals surface area contributed by atoms with E-state index < -0.39 is 34.1 Å². The van der Waals surface area contributed by atoms with Gasteiger partial charge in [-0.05, 0) is 6.42 Å². The van der Waals surface area contributed by atoms with Crippen LogP contribution >= 0.6 is 0 Å². The third-order valence-corrected chi connectivity index (χ3v) is 3.79. The molecule has 0 aromatic heterocycles. The first kappa shape index (κ1) is 12.1. The van der Waals surface area contributed by atoms with E-state index in [4.69, 9.17) is 4.74 Å². The summed E-state index contributed by atoms with van der Waals surface area (Å²) in [7, 11) is 1.31. The van der Waals surface area contributed by atoms with Crippen molar-refractivity contribution in [1.29, 1.82) is 0 Å². The Hall–Kier alpha value is -1.40. The highest BCUT2D eigenvalue weighted by Gasteiger charge is 2.66. The number of methoxy groups -OCH3 is 1. The SMILES string of the molecule is COCC1(O)C(=O)CCC12CC(=O)C(O)=C2O. The Balaban J connectivity index is 2.52. The van der Waals surface area contributed by atoms with Crippen LogP contribution < -0.4 is 0 Å². The van der Waals surface area contributed by atoms with Crippen molar-refractivity contribution >= 4 is 11.6 Å². The number of aliphatic hydroxyl groups excluding tert-OH is 2. The van der Waals surface area contributed by atoms with Gasteiger partial charge in [0.25, 0.3) is 0 Å². The van der Waals surface area contributed by atoms with Crippen LogP contribution in [-0.2, 0) is 14.3 Å². The van der Waals surface area contributed by atoms with E-state index in [9.17, 15) is 24.9 Å². The third kappa shape index (κ3) is 1.28. The lowest BCUT2D eigenvalue weighted by atomic mass is 9.72. The van der Waals surface area contributed by atoms with Gasteiger partial charge in [0, 0.05) is 20.0 Å². The normalized spacial score (nSPS) is 37.5. The van der Waals surface area contributed by atoms with Gasteiger partial charge in [0.05, 0.1) is 12.0 Å². The molecule has 2 atom stereocenters. The second kappa shape index (κ2) is 3.54. The first-order valence-corrected chi connectivity index (χ1v) is 5.29. The Kier molecular flexibility index (Phi) is 2.52. The standard InChI is InChI=1S/C11H14O6/c1-17-5-11(16)7(13)2-3-10(11)4-6(12)8(14)9(10)15/h14-16H,2-5H2,1H3. The molecule has 1 spiro atoms. The monoisotopic (exact) mass is 242 g/mol. The van der Waals surface area contributed by atoms with Gasteiger partial charge in [-0.15, -0.1) is 0 Å². The van der Waals surface area contributed by atoms with Crippen LogP contribution in [0.3, 0.4) is 0 Å². The minimum atomic E-state index is -1.94. The van der Waals surface area contributed by atoms with Gasteiger partial charge in [-0.3, -0.25) is 9.59 Å². The van der Waals surface area contributed by atoms with Crippen LogP contribution in [0.4, 0.5) is 0 Å². The molecule has 0 aliphatic heterocycles. The van der Waals surface area contributed by atoms with Crippen LogP contribution in [0.25, 0.3) is 0 Å². The third-order valence-electron chi connectivity index (χ3n) is 3.79. The predicted octanol–water partition coefficient (Wildman–Crippen LogP) is 0.0136. The zero-order valence-electron chi connectivity index (χ0n) is 9.39. The predicted molar refractivity (Wildman–Crippen MR) is 55.4 cm³/mol. The van der Waals surface area contributed by atoms with E-state index in [0.717, 1.165) is 0 Å². The van der Waals surface area contributed by atoms with E-state index in [-0.39, 0.29) is 25.9 Å². The molecule has 0 radical (unpaired) electrons. The van der Waals surface area contributed by atoms with Crippen LogP contribution in [-0.4, -0.2) is 46.2 Å². The first-order chi connectivity index (χ1) is 7.89. The number of Topliss-reactive ketones (excluding diaryl/α,β-unsaturated/α-hetero) is 2. The van der Waals surface area contributed by atoms with Gasteiger partial charge in [-0.25, -0.2) is 0 Å². The van der Waals surface area contributed by atoms with E-state index in [2.05, 4.69) is 0 Å². The number of allylic oxidation sites excluding steroid dienone is 1. The number of hydrogen-bond acceptors (Lipinski definition) is 6. The largest absolute Gasteiger partial charge is 0.508 e. The number of aliphatic hydroxyl groups is 3. The Morgan fingerprint density at radius 2 is 2.00 bits per heavy atom. The molecule has 3 N–H and O–H groups in total. The molecule has 2 unspecified atom stereocenters. The van der Waals surface area contributed by atoms with E-state index in [1.165, 1.54) is 7.11 Å². The molecule has 2 aliphatic carbocycles. The molecular weight excluding hydrogens is 228 g/mol. The molecular formula is C11H14O6. The van der Waals surface area contributed by atoms with Gasteiger partial charge >= 0.3 is 0 Å². The number of carbonyl (C=O) groups is 2. The Morgan fingerprint density at radius 1 is 1.35 bits per heavy atom. The van der Waals surface area contributed by atoms with Crippen molar-refractivity contribution in [3.63, 3.8) is 0 Å². The van der Waals surface area contributed by atoms with Gasteiger partial charge in [0.15, 0.2) is 17.1 Å². The van der Waals surface area contributed by atoms with Crippen LogP contribution in [0.15, 0.2) is 11.5 Å². The molecule has 17 heavy (non-hydrogen) atoms. The molecule has 0 aromatic rings. The summed E-state index contributed by atoms with van der Waals surface area (Å²) in [5.74, 6) is -2.48. The molecule has 0 bridgehead atoms. The number of rotatable bonds is 2.